The highest BCUT2D eigenvalue weighted by atomic mass is 127. The predicted molar refractivity (Wildman–Crippen MR) is 47.9 cm³/mol. The van der Waals surface area contributed by atoms with E-state index in [0.29, 0.717) is 6.42 Å². The van der Waals surface area contributed by atoms with Crippen molar-refractivity contribution in [1.82, 2.24) is 0 Å². The van der Waals surface area contributed by atoms with E-state index in [2.05, 4.69) is 29.2 Å². The molecular weight excluding hydrogens is 227 g/mol. The molecule has 0 saturated heterocycles. The summed E-state index contributed by atoms with van der Waals surface area (Å²) in [6.45, 7) is 3.39. The molecule has 0 aliphatic carbocycles. The summed E-state index contributed by atoms with van der Waals surface area (Å²) in [6.07, 6.45) is 4.22. The number of allylic oxidation sites excluding steroid dienone is 1. The second-order valence-electron chi connectivity index (χ2n) is 1.82. The Bertz CT molecular complexity index is 99.1. The molecule has 2 heteroatoms. The lowest BCUT2D eigenvalue weighted by Gasteiger charge is -1.91. The molecule has 0 heterocycles. The summed E-state index contributed by atoms with van der Waals surface area (Å²) in [6, 6.07) is 0. The highest BCUT2D eigenvalue weighted by Gasteiger charge is 1.92. The molecule has 9 heavy (non-hydrogen) atoms. The molecule has 0 aromatic heterocycles. The minimum Gasteiger partial charge on any atom is -0.295 e. The summed E-state index contributed by atoms with van der Waals surface area (Å²) in [5, 5.41) is 0. The standard InChI is InChI=1S/C7H11IO/c1-2-7(9)5-3-4-6-8/h2H,1,3-6H2. The lowest BCUT2D eigenvalue weighted by molar-refractivity contribution is -0.114. The molecule has 0 aliphatic heterocycles. The lowest BCUT2D eigenvalue weighted by Crippen LogP contribution is -1.90. The van der Waals surface area contributed by atoms with E-state index in [1.807, 2.05) is 0 Å². The van der Waals surface area contributed by atoms with Gasteiger partial charge >= 0.3 is 0 Å². The fourth-order valence-electron chi connectivity index (χ4n) is 0.496. The van der Waals surface area contributed by atoms with E-state index in [9.17, 15) is 4.79 Å². The predicted octanol–water partition coefficient (Wildman–Crippen LogP) is 2.35. The van der Waals surface area contributed by atoms with Gasteiger partial charge in [0, 0.05) is 6.42 Å². The van der Waals surface area contributed by atoms with E-state index in [-0.39, 0.29) is 5.78 Å². The zero-order valence-corrected chi connectivity index (χ0v) is 7.56. The second kappa shape index (κ2) is 6.26. The average molecular weight is 238 g/mol. The van der Waals surface area contributed by atoms with E-state index >= 15 is 0 Å². The average Bonchev–Trinajstić information content (AvgIpc) is 1.89. The molecule has 52 valence electrons. The van der Waals surface area contributed by atoms with Crippen molar-refractivity contribution in [2.75, 3.05) is 4.43 Å². The molecule has 1 nitrogen and oxygen atoms in total. The van der Waals surface area contributed by atoms with Gasteiger partial charge in [-0.05, 0) is 23.3 Å². The van der Waals surface area contributed by atoms with Gasteiger partial charge in [-0.2, -0.15) is 0 Å². The van der Waals surface area contributed by atoms with Crippen LogP contribution in [0.1, 0.15) is 19.3 Å². The molecule has 0 aromatic carbocycles. The van der Waals surface area contributed by atoms with Gasteiger partial charge in [-0.1, -0.05) is 29.2 Å². The van der Waals surface area contributed by atoms with Crippen LogP contribution in [0.3, 0.4) is 0 Å². The van der Waals surface area contributed by atoms with Crippen LogP contribution in [0, 0.1) is 0 Å². The van der Waals surface area contributed by atoms with E-state index < -0.39 is 0 Å². The van der Waals surface area contributed by atoms with E-state index in [0.717, 1.165) is 17.3 Å². The SMILES string of the molecule is C=CC(=O)CCCCI. The molecule has 0 aliphatic rings. The van der Waals surface area contributed by atoms with Crippen LogP contribution in [0.2, 0.25) is 0 Å². The molecule has 0 aromatic rings. The van der Waals surface area contributed by atoms with Gasteiger partial charge in [0.15, 0.2) is 5.78 Å². The Morgan fingerprint density at radius 3 is 2.67 bits per heavy atom. The third-order valence-corrected chi connectivity index (χ3v) is 1.80. The van der Waals surface area contributed by atoms with Crippen LogP contribution >= 0.6 is 22.6 Å². The Kier molecular flexibility index (Phi) is 6.36. The number of carbonyl (C=O) groups excluding carboxylic acids is 1. The van der Waals surface area contributed by atoms with Gasteiger partial charge in [-0.3, -0.25) is 4.79 Å². The highest BCUT2D eigenvalue weighted by Crippen LogP contribution is 1.99. The van der Waals surface area contributed by atoms with Crippen molar-refractivity contribution in [2.24, 2.45) is 0 Å². The Morgan fingerprint density at radius 2 is 2.22 bits per heavy atom. The maximum Gasteiger partial charge on any atom is 0.155 e. The Morgan fingerprint density at radius 1 is 1.56 bits per heavy atom. The third-order valence-electron chi connectivity index (χ3n) is 1.03. The minimum atomic E-state index is 0.167. The van der Waals surface area contributed by atoms with Crippen LogP contribution in [0.4, 0.5) is 0 Å². The Hall–Kier alpha value is 0.140. The largest absolute Gasteiger partial charge is 0.295 e. The highest BCUT2D eigenvalue weighted by molar-refractivity contribution is 14.1. The summed E-state index contributed by atoms with van der Waals surface area (Å²) in [7, 11) is 0. The number of hydrogen-bond acceptors (Lipinski definition) is 1. The van der Waals surface area contributed by atoms with Gasteiger partial charge in [0.1, 0.15) is 0 Å². The van der Waals surface area contributed by atoms with Crippen molar-refractivity contribution in [3.63, 3.8) is 0 Å². The molecule has 0 N–H and O–H groups in total. The van der Waals surface area contributed by atoms with Crippen molar-refractivity contribution in [3.05, 3.63) is 12.7 Å². The van der Waals surface area contributed by atoms with Crippen LogP contribution < -0.4 is 0 Å². The van der Waals surface area contributed by atoms with Gasteiger partial charge < -0.3 is 0 Å². The first-order chi connectivity index (χ1) is 4.31. The summed E-state index contributed by atoms with van der Waals surface area (Å²) < 4.78 is 1.14. The van der Waals surface area contributed by atoms with Gasteiger partial charge in [0.2, 0.25) is 0 Å². The van der Waals surface area contributed by atoms with E-state index in [1.165, 1.54) is 6.08 Å². The summed E-state index contributed by atoms with van der Waals surface area (Å²) in [5.74, 6) is 0.167. The Balaban J connectivity index is 3.07. The van der Waals surface area contributed by atoms with Crippen LogP contribution in [0.25, 0.3) is 0 Å². The number of hydrogen-bond donors (Lipinski definition) is 0. The zero-order valence-electron chi connectivity index (χ0n) is 5.40. The van der Waals surface area contributed by atoms with Crippen molar-refractivity contribution < 1.29 is 4.79 Å². The second-order valence-corrected chi connectivity index (χ2v) is 2.90. The first-order valence-corrected chi connectivity index (χ1v) is 4.55. The van der Waals surface area contributed by atoms with Crippen molar-refractivity contribution in [2.45, 2.75) is 19.3 Å². The molecule has 0 radical (unpaired) electrons. The zero-order chi connectivity index (χ0) is 7.11. The smallest absolute Gasteiger partial charge is 0.155 e. The molecule has 0 spiro atoms. The number of ketones is 1. The number of halogens is 1. The fraction of sp³-hybridized carbons (Fsp3) is 0.571. The molecule has 0 atom stereocenters. The topological polar surface area (TPSA) is 17.1 Å². The normalized spacial score (nSPS) is 9.00. The number of rotatable bonds is 5. The lowest BCUT2D eigenvalue weighted by atomic mass is 10.2. The third kappa shape index (κ3) is 6.02. The molecular formula is C7H11IO. The first-order valence-electron chi connectivity index (χ1n) is 3.02. The summed E-state index contributed by atoms with van der Waals surface area (Å²) in [4.78, 5) is 10.6. The maximum atomic E-state index is 10.6. The van der Waals surface area contributed by atoms with Gasteiger partial charge in [0.25, 0.3) is 0 Å². The fourth-order valence-corrected chi connectivity index (χ4v) is 1.04. The summed E-state index contributed by atoms with van der Waals surface area (Å²) in [5.41, 5.74) is 0. The molecule has 0 bridgehead atoms. The molecule has 0 fully saturated rings. The first kappa shape index (κ1) is 9.14. The molecule has 0 rings (SSSR count). The van der Waals surface area contributed by atoms with Crippen molar-refractivity contribution in [1.29, 1.82) is 0 Å². The van der Waals surface area contributed by atoms with Crippen LogP contribution in [-0.4, -0.2) is 10.2 Å². The molecule has 0 unspecified atom stereocenters. The van der Waals surface area contributed by atoms with Crippen molar-refractivity contribution >= 4 is 28.4 Å². The number of carbonyl (C=O) groups is 1. The molecule has 0 saturated carbocycles. The van der Waals surface area contributed by atoms with Gasteiger partial charge in [0.05, 0.1) is 0 Å². The van der Waals surface area contributed by atoms with E-state index in [1.54, 1.807) is 0 Å². The Labute approximate surface area is 69.7 Å². The quantitative estimate of drug-likeness (QED) is 0.311. The summed E-state index contributed by atoms with van der Waals surface area (Å²) >= 11 is 2.31. The minimum absolute atomic E-state index is 0.167. The monoisotopic (exact) mass is 238 g/mol. The van der Waals surface area contributed by atoms with Gasteiger partial charge in [-0.25, -0.2) is 0 Å². The van der Waals surface area contributed by atoms with Crippen LogP contribution in [0.15, 0.2) is 12.7 Å². The number of unbranched alkanes of at least 4 members (excludes halogenated alkanes) is 1. The maximum absolute atomic E-state index is 10.6. The van der Waals surface area contributed by atoms with Crippen LogP contribution in [0.5, 0.6) is 0 Å². The van der Waals surface area contributed by atoms with Crippen LogP contribution in [-0.2, 0) is 4.79 Å². The van der Waals surface area contributed by atoms with Crippen molar-refractivity contribution in [3.8, 4) is 0 Å². The van der Waals surface area contributed by atoms with Gasteiger partial charge in [-0.15, -0.1) is 0 Å². The van der Waals surface area contributed by atoms with E-state index in [4.69, 9.17) is 0 Å². The number of alkyl halides is 1. The molecule has 0 amide bonds.